The number of fused-ring (bicyclic) bond motifs is 6. The molecule has 0 N–H and O–H groups in total. The maximum absolute atomic E-state index is 15.0. The van der Waals surface area contributed by atoms with E-state index in [1.165, 1.54) is 23.3 Å². The van der Waals surface area contributed by atoms with Crippen molar-refractivity contribution < 1.29 is 13.2 Å². The molecule has 0 atom stereocenters. The Morgan fingerprint density at radius 2 is 0.779 bits per heavy atom. The van der Waals surface area contributed by atoms with Crippen molar-refractivity contribution in [3.63, 3.8) is 0 Å². The van der Waals surface area contributed by atoms with E-state index in [2.05, 4.69) is 134 Å². The molecule has 0 saturated heterocycles. The molecule has 0 spiro atoms. The number of aryl methyl sites for hydroxylation is 4. The number of rotatable bonds is 6. The number of alkyl halides is 3. The van der Waals surface area contributed by atoms with Gasteiger partial charge in [0.2, 0.25) is 0 Å². The molecule has 326 valence electrons. The summed E-state index contributed by atoms with van der Waals surface area (Å²) in [7, 11) is 0. The van der Waals surface area contributed by atoms with Crippen molar-refractivity contribution in [2.24, 2.45) is 0 Å². The Morgan fingerprint density at radius 3 is 1.26 bits per heavy atom. The molecular formula is C61H41F3N4. The van der Waals surface area contributed by atoms with Crippen LogP contribution < -0.4 is 0 Å². The fraction of sp³-hybridized carbons (Fsp3) is 0.0820. The second-order valence-electron chi connectivity index (χ2n) is 17.9. The highest BCUT2D eigenvalue weighted by Crippen LogP contribution is 2.45. The zero-order valence-electron chi connectivity index (χ0n) is 37.7. The molecule has 11 rings (SSSR count). The van der Waals surface area contributed by atoms with E-state index in [-0.39, 0.29) is 11.1 Å². The topological polar surface area (TPSA) is 57.4 Å². The molecular weight excluding hydrogens is 846 g/mol. The second-order valence-corrected chi connectivity index (χ2v) is 17.9. The van der Waals surface area contributed by atoms with Gasteiger partial charge in [-0.1, -0.05) is 131 Å². The van der Waals surface area contributed by atoms with Crippen LogP contribution in [0, 0.1) is 50.4 Å². The van der Waals surface area contributed by atoms with Crippen molar-refractivity contribution >= 4 is 43.6 Å². The van der Waals surface area contributed by atoms with Gasteiger partial charge in [0.25, 0.3) is 0 Å². The first-order valence-electron chi connectivity index (χ1n) is 22.4. The molecule has 7 heteroatoms. The first-order chi connectivity index (χ1) is 32.9. The lowest BCUT2D eigenvalue weighted by Crippen LogP contribution is -2.08. The van der Waals surface area contributed by atoms with Crippen LogP contribution in [0.4, 0.5) is 13.2 Å². The lowest BCUT2D eigenvalue weighted by atomic mass is 9.93. The molecule has 2 aromatic heterocycles. The average Bonchev–Trinajstić information content (AvgIpc) is 3.84. The number of benzene rings is 9. The van der Waals surface area contributed by atoms with Crippen LogP contribution in [0.25, 0.3) is 99.5 Å². The highest BCUT2D eigenvalue weighted by atomic mass is 19.4. The third-order valence-electron chi connectivity index (χ3n) is 13.1. The predicted octanol–water partition coefficient (Wildman–Crippen LogP) is 16.5. The van der Waals surface area contributed by atoms with Gasteiger partial charge in [-0.25, -0.2) is 0 Å². The van der Waals surface area contributed by atoms with Gasteiger partial charge in [0.15, 0.2) is 0 Å². The zero-order chi connectivity index (χ0) is 47.0. The van der Waals surface area contributed by atoms with E-state index in [0.29, 0.717) is 16.8 Å². The van der Waals surface area contributed by atoms with Crippen molar-refractivity contribution in [1.29, 1.82) is 10.5 Å². The molecule has 0 saturated carbocycles. The highest BCUT2D eigenvalue weighted by molar-refractivity contribution is 6.13. The van der Waals surface area contributed by atoms with Crippen molar-refractivity contribution in [1.82, 2.24) is 9.13 Å². The molecule has 0 unspecified atom stereocenters. The highest BCUT2D eigenvalue weighted by Gasteiger charge is 2.34. The average molecular weight is 887 g/mol. The molecule has 0 aliphatic heterocycles. The molecule has 0 bridgehead atoms. The van der Waals surface area contributed by atoms with Crippen LogP contribution in [0.15, 0.2) is 176 Å². The molecule has 2 heterocycles. The fourth-order valence-electron chi connectivity index (χ4n) is 10.3. The van der Waals surface area contributed by atoms with Crippen molar-refractivity contribution in [3.05, 3.63) is 215 Å². The number of nitriles is 2. The first kappa shape index (κ1) is 42.0. The van der Waals surface area contributed by atoms with Crippen LogP contribution in [-0.2, 0) is 6.18 Å². The summed E-state index contributed by atoms with van der Waals surface area (Å²) in [6, 6.07) is 61.5. The third-order valence-corrected chi connectivity index (χ3v) is 13.1. The van der Waals surface area contributed by atoms with E-state index < -0.39 is 11.7 Å². The summed E-state index contributed by atoms with van der Waals surface area (Å²) in [5.74, 6) is 0. The van der Waals surface area contributed by atoms with E-state index in [4.69, 9.17) is 0 Å². The van der Waals surface area contributed by atoms with Gasteiger partial charge in [-0.3, -0.25) is 0 Å². The Morgan fingerprint density at radius 1 is 0.368 bits per heavy atom. The number of halogens is 3. The van der Waals surface area contributed by atoms with Crippen molar-refractivity contribution in [2.75, 3.05) is 0 Å². The summed E-state index contributed by atoms with van der Waals surface area (Å²) in [6.07, 6.45) is -4.73. The summed E-state index contributed by atoms with van der Waals surface area (Å²) < 4.78 is 49.2. The Balaban J connectivity index is 1.22. The van der Waals surface area contributed by atoms with Gasteiger partial charge < -0.3 is 9.13 Å². The molecule has 0 amide bonds. The summed E-state index contributed by atoms with van der Waals surface area (Å²) >= 11 is 0. The standard InChI is InChI=1S/C61H41F3N4/c1-36-23-37(2)26-45(25-36)42-16-21-57-52(31-42)48-9-5-7-11-55(48)67(57)59-30-41(35-66)14-19-50(59)51-20-15-44(47-18-13-40(34-65)29-54(47)61(62,63)64)33-60(51)68-56-12-8-6-10-49(56)53-32-43(17-22-58(53)68)46-27-38(3)24-39(4)28-46/h5-33H,1-4H3. The summed E-state index contributed by atoms with van der Waals surface area (Å²) in [4.78, 5) is 0. The number of hydrogen-bond donors (Lipinski definition) is 0. The number of aromatic nitrogens is 2. The van der Waals surface area contributed by atoms with Crippen LogP contribution in [0.3, 0.4) is 0 Å². The lowest BCUT2D eigenvalue weighted by molar-refractivity contribution is -0.137. The summed E-state index contributed by atoms with van der Waals surface area (Å²) in [6.45, 7) is 8.39. The van der Waals surface area contributed by atoms with Gasteiger partial charge >= 0.3 is 6.18 Å². The minimum absolute atomic E-state index is 0.0378. The molecule has 9 aromatic carbocycles. The smallest absolute Gasteiger partial charge is 0.309 e. The molecule has 4 nitrogen and oxygen atoms in total. The quantitative estimate of drug-likeness (QED) is 0.167. The van der Waals surface area contributed by atoms with Gasteiger partial charge in [0, 0.05) is 32.7 Å². The Labute approximate surface area is 391 Å². The SMILES string of the molecule is Cc1cc(C)cc(-c2ccc3c(c2)c2ccccc2n3-c2cc(C#N)ccc2-c2ccc(-c3ccc(C#N)cc3C(F)(F)F)cc2-n2c3ccccc3c3cc(-c4cc(C)cc(C)c4)ccc32)c1. The Kier molecular flexibility index (Phi) is 9.92. The van der Waals surface area contributed by atoms with Crippen molar-refractivity contribution in [3.8, 4) is 68.0 Å². The maximum atomic E-state index is 15.0. The Hall–Kier alpha value is -8.65. The normalized spacial score (nSPS) is 11.7. The largest absolute Gasteiger partial charge is 0.417 e. The first-order valence-corrected chi connectivity index (χ1v) is 22.4. The predicted molar refractivity (Wildman–Crippen MR) is 270 cm³/mol. The van der Waals surface area contributed by atoms with Gasteiger partial charge in [-0.15, -0.1) is 0 Å². The lowest BCUT2D eigenvalue weighted by Gasteiger charge is -2.21. The Bertz CT molecular complexity index is 3940. The van der Waals surface area contributed by atoms with Gasteiger partial charge in [0.05, 0.1) is 62.3 Å². The molecule has 11 aromatic rings. The van der Waals surface area contributed by atoms with Gasteiger partial charge in [-0.2, -0.15) is 23.7 Å². The molecule has 68 heavy (non-hydrogen) atoms. The molecule has 0 fully saturated rings. The monoisotopic (exact) mass is 886 g/mol. The second kappa shape index (κ2) is 16.0. The maximum Gasteiger partial charge on any atom is 0.417 e. The summed E-state index contributed by atoms with van der Waals surface area (Å²) in [5, 5.41) is 24.2. The van der Waals surface area contributed by atoms with E-state index in [9.17, 15) is 23.7 Å². The molecule has 0 radical (unpaired) electrons. The van der Waals surface area contributed by atoms with E-state index >= 15 is 0 Å². The number of nitrogens with zero attached hydrogens (tertiary/aromatic N) is 4. The van der Waals surface area contributed by atoms with Crippen LogP contribution in [0.1, 0.15) is 38.9 Å². The molecule has 0 aliphatic rings. The van der Waals surface area contributed by atoms with Crippen LogP contribution in [0.5, 0.6) is 0 Å². The van der Waals surface area contributed by atoms with Gasteiger partial charge in [0.1, 0.15) is 0 Å². The van der Waals surface area contributed by atoms with Crippen LogP contribution in [-0.4, -0.2) is 9.13 Å². The van der Waals surface area contributed by atoms with Gasteiger partial charge in [-0.05, 0) is 128 Å². The number of hydrogen-bond acceptors (Lipinski definition) is 2. The number of para-hydroxylation sites is 2. The molecule has 0 aliphatic carbocycles. The minimum atomic E-state index is -4.73. The van der Waals surface area contributed by atoms with E-state index in [0.717, 1.165) is 99.9 Å². The van der Waals surface area contributed by atoms with E-state index in [1.807, 2.05) is 60.7 Å². The fourth-order valence-corrected chi connectivity index (χ4v) is 10.3. The summed E-state index contributed by atoms with van der Waals surface area (Å²) in [5.41, 5.74) is 15.4. The third kappa shape index (κ3) is 7.08. The van der Waals surface area contributed by atoms with Crippen LogP contribution >= 0.6 is 0 Å². The van der Waals surface area contributed by atoms with Crippen LogP contribution in [0.2, 0.25) is 0 Å². The minimum Gasteiger partial charge on any atom is -0.309 e. The van der Waals surface area contributed by atoms with E-state index in [1.54, 1.807) is 12.1 Å². The zero-order valence-corrected chi connectivity index (χ0v) is 37.7. The van der Waals surface area contributed by atoms with Crippen molar-refractivity contribution in [2.45, 2.75) is 33.9 Å².